The first kappa shape index (κ1) is 14.8. The topological polar surface area (TPSA) is 48.4 Å². The first-order chi connectivity index (χ1) is 11.3. The van der Waals surface area contributed by atoms with Gasteiger partial charge >= 0.3 is 5.97 Å². The SMILES string of the molecule is COc1ccc(OC(=O)c2ccc(-c3ccncc3)cc2)cc1. The molecular weight excluding hydrogens is 290 g/mol. The molecule has 0 radical (unpaired) electrons. The van der Waals surface area contributed by atoms with Gasteiger partial charge in [-0.05, 0) is 59.7 Å². The molecule has 4 heteroatoms. The molecule has 23 heavy (non-hydrogen) atoms. The number of carbonyl (C=O) groups excluding carboxylic acids is 1. The van der Waals surface area contributed by atoms with Crippen LogP contribution in [0.3, 0.4) is 0 Å². The maximum Gasteiger partial charge on any atom is 0.343 e. The second-order valence-electron chi connectivity index (χ2n) is 4.88. The lowest BCUT2D eigenvalue weighted by molar-refractivity contribution is 0.0734. The van der Waals surface area contributed by atoms with Crippen molar-refractivity contribution in [3.63, 3.8) is 0 Å². The van der Waals surface area contributed by atoms with Crippen LogP contribution in [0.25, 0.3) is 11.1 Å². The van der Waals surface area contributed by atoms with Gasteiger partial charge in [-0.3, -0.25) is 4.98 Å². The number of methoxy groups -OCH3 is 1. The van der Waals surface area contributed by atoms with Gasteiger partial charge in [-0.15, -0.1) is 0 Å². The van der Waals surface area contributed by atoms with Crippen LogP contribution in [0.4, 0.5) is 0 Å². The number of benzene rings is 2. The zero-order valence-corrected chi connectivity index (χ0v) is 12.6. The maximum atomic E-state index is 12.2. The number of hydrogen-bond acceptors (Lipinski definition) is 4. The first-order valence-electron chi connectivity index (χ1n) is 7.13. The Kier molecular flexibility index (Phi) is 4.34. The molecule has 0 atom stereocenters. The summed E-state index contributed by atoms with van der Waals surface area (Å²) in [6.45, 7) is 0. The van der Waals surface area contributed by atoms with Gasteiger partial charge in [0.05, 0.1) is 12.7 Å². The molecule has 0 aliphatic heterocycles. The Bertz CT molecular complexity index is 781. The number of rotatable bonds is 4. The Morgan fingerprint density at radius 3 is 1.96 bits per heavy atom. The molecule has 0 N–H and O–H groups in total. The average molecular weight is 305 g/mol. The van der Waals surface area contributed by atoms with Crippen LogP contribution in [0.15, 0.2) is 73.1 Å². The van der Waals surface area contributed by atoms with Gasteiger partial charge in [0.1, 0.15) is 11.5 Å². The van der Waals surface area contributed by atoms with Crippen molar-refractivity contribution in [3.05, 3.63) is 78.6 Å². The van der Waals surface area contributed by atoms with Crippen molar-refractivity contribution in [2.24, 2.45) is 0 Å². The Labute approximate surface area is 134 Å². The predicted molar refractivity (Wildman–Crippen MR) is 87.6 cm³/mol. The number of pyridine rings is 1. The Balaban J connectivity index is 1.72. The van der Waals surface area contributed by atoms with Crippen molar-refractivity contribution in [1.29, 1.82) is 0 Å². The first-order valence-corrected chi connectivity index (χ1v) is 7.13. The second-order valence-corrected chi connectivity index (χ2v) is 4.88. The van der Waals surface area contributed by atoms with E-state index >= 15 is 0 Å². The van der Waals surface area contributed by atoms with Crippen molar-refractivity contribution in [2.75, 3.05) is 7.11 Å². The summed E-state index contributed by atoms with van der Waals surface area (Å²) in [5, 5.41) is 0. The standard InChI is InChI=1S/C19H15NO3/c1-22-17-6-8-18(9-7-17)23-19(21)16-4-2-14(3-5-16)15-10-12-20-13-11-15/h2-13H,1H3. The predicted octanol–water partition coefficient (Wildman–Crippen LogP) is 3.98. The molecular formula is C19H15NO3. The van der Waals surface area contributed by atoms with Gasteiger partial charge in [0, 0.05) is 12.4 Å². The molecule has 0 saturated carbocycles. The highest BCUT2D eigenvalue weighted by Gasteiger charge is 2.09. The molecule has 3 aromatic rings. The highest BCUT2D eigenvalue weighted by Crippen LogP contribution is 2.21. The zero-order chi connectivity index (χ0) is 16.1. The molecule has 3 rings (SSSR count). The largest absolute Gasteiger partial charge is 0.497 e. The van der Waals surface area contributed by atoms with Crippen LogP contribution in [0.1, 0.15) is 10.4 Å². The number of carbonyl (C=O) groups is 1. The quantitative estimate of drug-likeness (QED) is 0.540. The number of aromatic nitrogens is 1. The summed E-state index contributed by atoms with van der Waals surface area (Å²) in [5.41, 5.74) is 2.57. The summed E-state index contributed by atoms with van der Waals surface area (Å²) < 4.78 is 10.4. The van der Waals surface area contributed by atoms with Crippen LogP contribution < -0.4 is 9.47 Å². The van der Waals surface area contributed by atoms with E-state index in [1.165, 1.54) is 0 Å². The van der Waals surface area contributed by atoms with Crippen molar-refractivity contribution in [1.82, 2.24) is 4.98 Å². The molecule has 0 aliphatic rings. The molecule has 0 unspecified atom stereocenters. The fourth-order valence-corrected chi connectivity index (χ4v) is 2.15. The van der Waals surface area contributed by atoms with Gasteiger partial charge in [-0.2, -0.15) is 0 Å². The summed E-state index contributed by atoms with van der Waals surface area (Å²) in [7, 11) is 1.59. The van der Waals surface area contributed by atoms with Gasteiger partial charge in [0.25, 0.3) is 0 Å². The van der Waals surface area contributed by atoms with E-state index < -0.39 is 5.97 Å². The number of ether oxygens (including phenoxy) is 2. The van der Waals surface area contributed by atoms with E-state index in [1.807, 2.05) is 24.3 Å². The molecule has 0 spiro atoms. The van der Waals surface area contributed by atoms with E-state index in [-0.39, 0.29) is 0 Å². The summed E-state index contributed by atoms with van der Waals surface area (Å²) in [6, 6.07) is 18.0. The summed E-state index contributed by atoms with van der Waals surface area (Å²) in [6.07, 6.45) is 3.47. The molecule has 1 aromatic heterocycles. The summed E-state index contributed by atoms with van der Waals surface area (Å²) >= 11 is 0. The zero-order valence-electron chi connectivity index (χ0n) is 12.6. The van der Waals surface area contributed by atoms with E-state index in [0.717, 1.165) is 11.1 Å². The normalized spacial score (nSPS) is 10.1. The van der Waals surface area contributed by atoms with E-state index in [0.29, 0.717) is 17.1 Å². The van der Waals surface area contributed by atoms with Crippen molar-refractivity contribution < 1.29 is 14.3 Å². The average Bonchev–Trinajstić information content (AvgIpc) is 2.63. The minimum atomic E-state index is -0.392. The molecule has 0 saturated heterocycles. The third-order valence-corrected chi connectivity index (χ3v) is 3.40. The van der Waals surface area contributed by atoms with E-state index in [2.05, 4.69) is 4.98 Å². The Morgan fingerprint density at radius 2 is 1.35 bits per heavy atom. The third kappa shape index (κ3) is 3.55. The maximum absolute atomic E-state index is 12.2. The minimum Gasteiger partial charge on any atom is -0.497 e. The molecule has 114 valence electrons. The molecule has 0 bridgehead atoms. The Morgan fingerprint density at radius 1 is 0.783 bits per heavy atom. The fourth-order valence-electron chi connectivity index (χ4n) is 2.15. The van der Waals surface area contributed by atoms with Gasteiger partial charge in [-0.25, -0.2) is 4.79 Å². The van der Waals surface area contributed by atoms with Crippen molar-refractivity contribution in [2.45, 2.75) is 0 Å². The van der Waals surface area contributed by atoms with E-state index in [1.54, 1.807) is 55.9 Å². The molecule has 1 heterocycles. The second kappa shape index (κ2) is 6.75. The van der Waals surface area contributed by atoms with Crippen LogP contribution in [-0.2, 0) is 0 Å². The van der Waals surface area contributed by atoms with Gasteiger partial charge in [-0.1, -0.05) is 12.1 Å². The fraction of sp³-hybridized carbons (Fsp3) is 0.0526. The van der Waals surface area contributed by atoms with E-state index in [4.69, 9.17) is 9.47 Å². The lowest BCUT2D eigenvalue weighted by Gasteiger charge is -2.06. The number of nitrogens with zero attached hydrogens (tertiary/aromatic N) is 1. The van der Waals surface area contributed by atoms with Crippen LogP contribution in [0, 0.1) is 0 Å². The van der Waals surface area contributed by atoms with E-state index in [9.17, 15) is 4.79 Å². The lowest BCUT2D eigenvalue weighted by Crippen LogP contribution is -2.08. The summed E-state index contributed by atoms with van der Waals surface area (Å²) in [4.78, 5) is 16.1. The van der Waals surface area contributed by atoms with Gasteiger partial charge in [0.2, 0.25) is 0 Å². The third-order valence-electron chi connectivity index (χ3n) is 3.40. The molecule has 4 nitrogen and oxygen atoms in total. The summed E-state index contributed by atoms with van der Waals surface area (Å²) in [5.74, 6) is 0.803. The molecule has 0 fully saturated rings. The van der Waals surface area contributed by atoms with Gasteiger partial charge in [0.15, 0.2) is 0 Å². The highest BCUT2D eigenvalue weighted by atomic mass is 16.5. The smallest absolute Gasteiger partial charge is 0.343 e. The molecule has 0 amide bonds. The van der Waals surface area contributed by atoms with Crippen LogP contribution in [-0.4, -0.2) is 18.1 Å². The minimum absolute atomic E-state index is 0.392. The highest BCUT2D eigenvalue weighted by molar-refractivity contribution is 5.91. The van der Waals surface area contributed by atoms with Crippen LogP contribution >= 0.6 is 0 Å². The lowest BCUT2D eigenvalue weighted by atomic mass is 10.1. The van der Waals surface area contributed by atoms with Gasteiger partial charge < -0.3 is 9.47 Å². The van der Waals surface area contributed by atoms with Crippen LogP contribution in [0.2, 0.25) is 0 Å². The monoisotopic (exact) mass is 305 g/mol. The molecule has 0 aliphatic carbocycles. The van der Waals surface area contributed by atoms with Crippen molar-refractivity contribution >= 4 is 5.97 Å². The van der Waals surface area contributed by atoms with Crippen molar-refractivity contribution in [3.8, 4) is 22.6 Å². The van der Waals surface area contributed by atoms with Crippen LogP contribution in [0.5, 0.6) is 11.5 Å². The number of esters is 1. The molecule has 2 aromatic carbocycles. The Hall–Kier alpha value is -3.14. The number of hydrogen-bond donors (Lipinski definition) is 0.